The number of amides is 2. The molecule has 0 saturated heterocycles. The van der Waals surface area contributed by atoms with Crippen LogP contribution in [0.2, 0.25) is 0 Å². The Bertz CT molecular complexity index is 330. The van der Waals surface area contributed by atoms with Gasteiger partial charge in [-0.1, -0.05) is 18.2 Å². The van der Waals surface area contributed by atoms with Crippen LogP contribution in [0.15, 0.2) is 30.3 Å². The Balaban J connectivity index is 1.97. The second-order valence-corrected chi connectivity index (χ2v) is 3.69. The number of carbonyl (C=O) groups excluding carboxylic acids is 1. The van der Waals surface area contributed by atoms with E-state index in [1.54, 1.807) is 7.11 Å². The monoisotopic (exact) mass is 252 g/mol. The Morgan fingerprint density at radius 1 is 1.11 bits per heavy atom. The molecule has 0 bridgehead atoms. The number of methoxy groups -OCH3 is 1. The molecule has 1 rings (SSSR count). The summed E-state index contributed by atoms with van der Waals surface area (Å²) in [5, 5.41) is 5.42. The maximum absolute atomic E-state index is 11.2. The third-order valence-electron chi connectivity index (χ3n) is 2.21. The van der Waals surface area contributed by atoms with E-state index in [-0.39, 0.29) is 6.03 Å². The molecule has 0 atom stereocenters. The van der Waals surface area contributed by atoms with Crippen molar-refractivity contribution in [3.8, 4) is 5.75 Å². The summed E-state index contributed by atoms with van der Waals surface area (Å²) in [6, 6.07) is 9.44. The van der Waals surface area contributed by atoms with Crippen molar-refractivity contribution >= 4 is 6.03 Å². The molecule has 18 heavy (non-hydrogen) atoms. The Labute approximate surface area is 107 Å². The van der Waals surface area contributed by atoms with Crippen molar-refractivity contribution in [2.24, 2.45) is 0 Å². The van der Waals surface area contributed by atoms with E-state index in [0.717, 1.165) is 12.2 Å². The number of rotatable bonds is 8. The normalized spacial score (nSPS) is 9.83. The lowest BCUT2D eigenvalue weighted by Crippen LogP contribution is -2.38. The minimum Gasteiger partial charge on any atom is -0.494 e. The van der Waals surface area contributed by atoms with Gasteiger partial charge in [-0.05, 0) is 18.6 Å². The highest BCUT2D eigenvalue weighted by Gasteiger charge is 1.98. The van der Waals surface area contributed by atoms with Crippen molar-refractivity contribution in [3.05, 3.63) is 30.3 Å². The number of hydrogen-bond acceptors (Lipinski definition) is 3. The summed E-state index contributed by atoms with van der Waals surface area (Å²) in [7, 11) is 1.60. The largest absolute Gasteiger partial charge is 0.494 e. The lowest BCUT2D eigenvalue weighted by atomic mass is 10.3. The molecule has 5 heteroatoms. The first-order valence-corrected chi connectivity index (χ1v) is 6.01. The summed E-state index contributed by atoms with van der Waals surface area (Å²) in [6.45, 7) is 2.21. The van der Waals surface area contributed by atoms with Crippen LogP contribution in [-0.4, -0.2) is 39.4 Å². The molecule has 0 unspecified atom stereocenters. The maximum atomic E-state index is 11.2. The average molecular weight is 252 g/mol. The molecule has 0 aliphatic carbocycles. The van der Waals surface area contributed by atoms with Crippen LogP contribution in [0.25, 0.3) is 0 Å². The van der Waals surface area contributed by atoms with Crippen LogP contribution in [0.3, 0.4) is 0 Å². The lowest BCUT2D eigenvalue weighted by molar-refractivity contribution is 0.195. The van der Waals surface area contributed by atoms with Crippen LogP contribution < -0.4 is 15.4 Å². The van der Waals surface area contributed by atoms with Gasteiger partial charge >= 0.3 is 6.03 Å². The molecule has 0 fully saturated rings. The van der Waals surface area contributed by atoms with E-state index >= 15 is 0 Å². The van der Waals surface area contributed by atoms with E-state index in [1.165, 1.54) is 0 Å². The fourth-order valence-corrected chi connectivity index (χ4v) is 1.31. The fourth-order valence-electron chi connectivity index (χ4n) is 1.31. The Hall–Kier alpha value is -1.75. The Kier molecular flexibility index (Phi) is 7.39. The minimum atomic E-state index is -0.174. The summed E-state index contributed by atoms with van der Waals surface area (Å²) in [5.74, 6) is 0.849. The van der Waals surface area contributed by atoms with E-state index in [4.69, 9.17) is 9.47 Å². The van der Waals surface area contributed by atoms with Crippen molar-refractivity contribution in [1.82, 2.24) is 10.6 Å². The van der Waals surface area contributed by atoms with E-state index in [0.29, 0.717) is 26.3 Å². The first-order valence-electron chi connectivity index (χ1n) is 6.01. The van der Waals surface area contributed by atoms with Crippen molar-refractivity contribution in [2.75, 3.05) is 33.4 Å². The SMILES string of the molecule is COCCNC(=O)NCCCOc1ccccc1. The molecule has 100 valence electrons. The van der Waals surface area contributed by atoms with Gasteiger partial charge in [-0.25, -0.2) is 4.79 Å². The zero-order valence-electron chi connectivity index (χ0n) is 10.6. The summed E-state index contributed by atoms with van der Waals surface area (Å²) in [4.78, 5) is 11.2. The molecule has 0 aromatic heterocycles. The number of hydrogen-bond donors (Lipinski definition) is 2. The summed E-state index contributed by atoms with van der Waals surface area (Å²) < 4.78 is 10.3. The maximum Gasteiger partial charge on any atom is 0.314 e. The number of nitrogens with one attached hydrogen (secondary N) is 2. The van der Waals surface area contributed by atoms with Gasteiger partial charge in [0, 0.05) is 20.2 Å². The molecule has 2 amide bonds. The smallest absolute Gasteiger partial charge is 0.314 e. The third-order valence-corrected chi connectivity index (χ3v) is 2.21. The average Bonchev–Trinajstić information content (AvgIpc) is 2.40. The Morgan fingerprint density at radius 3 is 2.56 bits per heavy atom. The zero-order valence-corrected chi connectivity index (χ0v) is 10.6. The van der Waals surface area contributed by atoms with Gasteiger partial charge in [-0.2, -0.15) is 0 Å². The first kappa shape index (κ1) is 14.3. The number of benzene rings is 1. The van der Waals surface area contributed by atoms with E-state index < -0.39 is 0 Å². The molecule has 0 aliphatic rings. The lowest BCUT2D eigenvalue weighted by Gasteiger charge is -2.08. The van der Waals surface area contributed by atoms with Crippen molar-refractivity contribution < 1.29 is 14.3 Å². The summed E-state index contributed by atoms with van der Waals surface area (Å²) in [6.07, 6.45) is 0.770. The predicted molar refractivity (Wildman–Crippen MR) is 69.8 cm³/mol. The third kappa shape index (κ3) is 6.75. The molecular weight excluding hydrogens is 232 g/mol. The second kappa shape index (κ2) is 9.30. The molecule has 0 heterocycles. The van der Waals surface area contributed by atoms with Crippen LogP contribution in [0.1, 0.15) is 6.42 Å². The number of ether oxygens (including phenoxy) is 2. The Morgan fingerprint density at radius 2 is 1.83 bits per heavy atom. The highest BCUT2D eigenvalue weighted by atomic mass is 16.5. The summed E-state index contributed by atoms with van der Waals surface area (Å²) >= 11 is 0. The molecule has 1 aromatic rings. The highest BCUT2D eigenvalue weighted by Crippen LogP contribution is 2.07. The quantitative estimate of drug-likeness (QED) is 0.688. The predicted octanol–water partition coefficient (Wildman–Crippen LogP) is 1.40. The minimum absolute atomic E-state index is 0.174. The van der Waals surface area contributed by atoms with Gasteiger partial charge in [0.05, 0.1) is 13.2 Å². The van der Waals surface area contributed by atoms with Gasteiger partial charge in [-0.3, -0.25) is 0 Å². The van der Waals surface area contributed by atoms with Crippen molar-refractivity contribution in [2.45, 2.75) is 6.42 Å². The van der Waals surface area contributed by atoms with Gasteiger partial charge < -0.3 is 20.1 Å². The number of para-hydroxylation sites is 1. The van der Waals surface area contributed by atoms with Gasteiger partial charge in [-0.15, -0.1) is 0 Å². The number of carbonyl (C=O) groups is 1. The molecular formula is C13H20N2O3. The van der Waals surface area contributed by atoms with Crippen LogP contribution in [-0.2, 0) is 4.74 Å². The fraction of sp³-hybridized carbons (Fsp3) is 0.462. The van der Waals surface area contributed by atoms with E-state index in [2.05, 4.69) is 10.6 Å². The van der Waals surface area contributed by atoms with Gasteiger partial charge in [0.1, 0.15) is 5.75 Å². The van der Waals surface area contributed by atoms with Gasteiger partial charge in [0.15, 0.2) is 0 Å². The van der Waals surface area contributed by atoms with E-state index in [9.17, 15) is 4.79 Å². The van der Waals surface area contributed by atoms with Crippen LogP contribution in [0, 0.1) is 0 Å². The molecule has 0 aliphatic heterocycles. The van der Waals surface area contributed by atoms with Crippen LogP contribution >= 0.6 is 0 Å². The molecule has 0 radical (unpaired) electrons. The topological polar surface area (TPSA) is 59.6 Å². The van der Waals surface area contributed by atoms with Crippen LogP contribution in [0.4, 0.5) is 4.79 Å². The molecule has 0 saturated carbocycles. The van der Waals surface area contributed by atoms with Gasteiger partial charge in [0.2, 0.25) is 0 Å². The molecule has 0 spiro atoms. The van der Waals surface area contributed by atoms with Crippen molar-refractivity contribution in [1.29, 1.82) is 0 Å². The van der Waals surface area contributed by atoms with E-state index in [1.807, 2.05) is 30.3 Å². The number of urea groups is 1. The zero-order chi connectivity index (χ0) is 13.1. The van der Waals surface area contributed by atoms with Gasteiger partial charge in [0.25, 0.3) is 0 Å². The van der Waals surface area contributed by atoms with Crippen LogP contribution in [0.5, 0.6) is 5.75 Å². The van der Waals surface area contributed by atoms with Crippen molar-refractivity contribution in [3.63, 3.8) is 0 Å². The second-order valence-electron chi connectivity index (χ2n) is 3.69. The summed E-state index contributed by atoms with van der Waals surface area (Å²) in [5.41, 5.74) is 0. The standard InChI is InChI=1S/C13H20N2O3/c1-17-11-9-15-13(16)14-8-5-10-18-12-6-3-2-4-7-12/h2-4,6-7H,5,8-11H2,1H3,(H2,14,15,16). The highest BCUT2D eigenvalue weighted by molar-refractivity contribution is 5.73. The molecule has 2 N–H and O–H groups in total. The molecule has 5 nitrogen and oxygen atoms in total. The molecule has 1 aromatic carbocycles. The first-order chi connectivity index (χ1) is 8.83.